The lowest BCUT2D eigenvalue weighted by molar-refractivity contribution is -0.108. The average molecular weight is 170 g/mol. The van der Waals surface area contributed by atoms with Gasteiger partial charge in [-0.3, -0.25) is 0 Å². The molecule has 0 bridgehead atoms. The van der Waals surface area contributed by atoms with Crippen molar-refractivity contribution in [2.75, 3.05) is 0 Å². The predicted molar refractivity (Wildman–Crippen MR) is 53.2 cm³/mol. The van der Waals surface area contributed by atoms with Gasteiger partial charge in [-0.05, 0) is 18.3 Å². The Hall–Kier alpha value is -0.330. The quantitative estimate of drug-likeness (QED) is 0.535. The molecule has 0 fully saturated rings. The molecule has 0 aliphatic rings. The minimum Gasteiger partial charge on any atom is -0.303 e. The number of aldehydes is 1. The summed E-state index contributed by atoms with van der Waals surface area (Å²) in [4.78, 5) is 10.3. The molecule has 0 saturated carbocycles. The number of carbonyl (C=O) groups excluding carboxylic acids is 1. The largest absolute Gasteiger partial charge is 0.303 e. The van der Waals surface area contributed by atoms with Crippen molar-refractivity contribution >= 4 is 6.29 Å². The van der Waals surface area contributed by atoms with Gasteiger partial charge < -0.3 is 4.79 Å². The van der Waals surface area contributed by atoms with Crippen LogP contribution in [0.5, 0.6) is 0 Å². The summed E-state index contributed by atoms with van der Waals surface area (Å²) in [6.07, 6.45) is 6.74. The van der Waals surface area contributed by atoms with E-state index in [4.69, 9.17) is 0 Å². The van der Waals surface area contributed by atoms with Crippen molar-refractivity contribution in [3.8, 4) is 0 Å². The highest BCUT2D eigenvalue weighted by atomic mass is 16.1. The van der Waals surface area contributed by atoms with Crippen molar-refractivity contribution < 1.29 is 4.79 Å². The van der Waals surface area contributed by atoms with E-state index in [0.29, 0.717) is 5.92 Å². The molecule has 0 rings (SSSR count). The van der Waals surface area contributed by atoms with Crippen LogP contribution >= 0.6 is 0 Å². The van der Waals surface area contributed by atoms with E-state index in [-0.39, 0.29) is 0 Å². The van der Waals surface area contributed by atoms with Gasteiger partial charge in [0.25, 0.3) is 0 Å². The second-order valence-electron chi connectivity index (χ2n) is 4.03. The van der Waals surface area contributed by atoms with E-state index in [1.54, 1.807) is 0 Å². The molecular weight excluding hydrogens is 148 g/mol. The molecule has 0 heterocycles. The van der Waals surface area contributed by atoms with Crippen molar-refractivity contribution in [1.82, 2.24) is 0 Å². The first-order chi connectivity index (χ1) is 5.70. The minimum absolute atomic E-state index is 0.648. The molecule has 1 heteroatoms. The van der Waals surface area contributed by atoms with Crippen LogP contribution in [-0.2, 0) is 4.79 Å². The fraction of sp³-hybridized carbons (Fsp3) is 0.909. The summed E-state index contributed by atoms with van der Waals surface area (Å²) in [5, 5.41) is 0. The Balaban J connectivity index is 3.54. The van der Waals surface area contributed by atoms with Crippen molar-refractivity contribution in [3.63, 3.8) is 0 Å². The molecule has 72 valence electrons. The molecule has 0 N–H and O–H groups in total. The SMILES string of the molecule is CCCC(CC=O)CCC(C)C. The van der Waals surface area contributed by atoms with Gasteiger partial charge in [0.1, 0.15) is 6.29 Å². The highest BCUT2D eigenvalue weighted by Gasteiger charge is 2.07. The van der Waals surface area contributed by atoms with Crippen molar-refractivity contribution in [3.05, 3.63) is 0 Å². The standard InChI is InChI=1S/C11H22O/c1-4-5-11(8-9-12)7-6-10(2)3/h9-11H,4-8H2,1-3H3. The summed E-state index contributed by atoms with van der Waals surface area (Å²) in [6.45, 7) is 6.67. The predicted octanol–water partition coefficient (Wildman–Crippen LogP) is 3.43. The van der Waals surface area contributed by atoms with Crippen LogP contribution in [0.25, 0.3) is 0 Å². The molecule has 0 radical (unpaired) electrons. The summed E-state index contributed by atoms with van der Waals surface area (Å²) in [7, 11) is 0. The fourth-order valence-corrected chi connectivity index (χ4v) is 1.49. The minimum atomic E-state index is 0.648. The van der Waals surface area contributed by atoms with Gasteiger partial charge in [-0.25, -0.2) is 0 Å². The molecule has 0 amide bonds. The Morgan fingerprint density at radius 1 is 1.17 bits per heavy atom. The van der Waals surface area contributed by atoms with E-state index in [2.05, 4.69) is 20.8 Å². The third-order valence-electron chi connectivity index (χ3n) is 2.28. The van der Waals surface area contributed by atoms with Crippen molar-refractivity contribution in [2.45, 2.75) is 52.9 Å². The number of hydrogen-bond acceptors (Lipinski definition) is 1. The monoisotopic (exact) mass is 170 g/mol. The normalized spacial score (nSPS) is 13.3. The summed E-state index contributed by atoms with van der Waals surface area (Å²) in [5.41, 5.74) is 0. The maximum absolute atomic E-state index is 10.3. The van der Waals surface area contributed by atoms with E-state index in [1.165, 1.54) is 25.7 Å². The Labute approximate surface area is 76.6 Å². The molecule has 12 heavy (non-hydrogen) atoms. The first-order valence-corrected chi connectivity index (χ1v) is 5.14. The Morgan fingerprint density at radius 3 is 2.25 bits per heavy atom. The van der Waals surface area contributed by atoms with E-state index >= 15 is 0 Å². The molecule has 0 aliphatic heterocycles. The second kappa shape index (κ2) is 7.33. The van der Waals surface area contributed by atoms with Crippen LogP contribution in [0.15, 0.2) is 0 Å². The van der Waals surface area contributed by atoms with Crippen molar-refractivity contribution in [2.24, 2.45) is 11.8 Å². The molecule has 0 aliphatic carbocycles. The van der Waals surface area contributed by atoms with Crippen LogP contribution in [0.3, 0.4) is 0 Å². The smallest absolute Gasteiger partial charge is 0.120 e. The third-order valence-corrected chi connectivity index (χ3v) is 2.28. The summed E-state index contributed by atoms with van der Waals surface area (Å²) in [5.74, 6) is 1.42. The van der Waals surface area contributed by atoms with E-state index in [1.807, 2.05) is 0 Å². The van der Waals surface area contributed by atoms with Gasteiger partial charge in [0.15, 0.2) is 0 Å². The van der Waals surface area contributed by atoms with Crippen molar-refractivity contribution in [1.29, 1.82) is 0 Å². The summed E-state index contributed by atoms with van der Waals surface area (Å²) >= 11 is 0. The maximum Gasteiger partial charge on any atom is 0.120 e. The highest BCUT2D eigenvalue weighted by Crippen LogP contribution is 2.19. The lowest BCUT2D eigenvalue weighted by Crippen LogP contribution is -2.02. The topological polar surface area (TPSA) is 17.1 Å². The molecule has 0 aromatic rings. The van der Waals surface area contributed by atoms with Gasteiger partial charge in [-0.2, -0.15) is 0 Å². The molecule has 1 unspecified atom stereocenters. The van der Waals surface area contributed by atoms with Crippen LogP contribution in [0.4, 0.5) is 0 Å². The zero-order chi connectivity index (χ0) is 9.40. The van der Waals surface area contributed by atoms with Gasteiger partial charge in [0.2, 0.25) is 0 Å². The molecule has 0 aromatic heterocycles. The Bertz CT molecular complexity index is 108. The maximum atomic E-state index is 10.3. The second-order valence-corrected chi connectivity index (χ2v) is 4.03. The lowest BCUT2D eigenvalue weighted by Gasteiger charge is -2.13. The zero-order valence-electron chi connectivity index (χ0n) is 8.68. The number of carbonyl (C=O) groups is 1. The van der Waals surface area contributed by atoms with Crippen LogP contribution in [0.1, 0.15) is 52.9 Å². The first-order valence-electron chi connectivity index (χ1n) is 5.14. The van der Waals surface area contributed by atoms with Crippen LogP contribution in [-0.4, -0.2) is 6.29 Å². The van der Waals surface area contributed by atoms with Gasteiger partial charge in [0, 0.05) is 6.42 Å². The first kappa shape index (κ1) is 11.7. The molecule has 1 atom stereocenters. The molecule has 0 aromatic carbocycles. The van der Waals surface area contributed by atoms with E-state index in [9.17, 15) is 4.79 Å². The molecule has 0 saturated heterocycles. The Morgan fingerprint density at radius 2 is 1.83 bits per heavy atom. The summed E-state index contributed by atoms with van der Waals surface area (Å²) < 4.78 is 0. The average Bonchev–Trinajstić information content (AvgIpc) is 2.01. The fourth-order valence-electron chi connectivity index (χ4n) is 1.49. The molecule has 0 spiro atoms. The third kappa shape index (κ3) is 6.38. The summed E-state index contributed by atoms with van der Waals surface area (Å²) in [6, 6.07) is 0. The van der Waals surface area contributed by atoms with E-state index < -0.39 is 0 Å². The molecule has 1 nitrogen and oxygen atoms in total. The van der Waals surface area contributed by atoms with Gasteiger partial charge in [-0.1, -0.05) is 40.0 Å². The molecular formula is C11H22O. The Kier molecular flexibility index (Phi) is 7.12. The van der Waals surface area contributed by atoms with Crippen LogP contribution in [0.2, 0.25) is 0 Å². The number of hydrogen-bond donors (Lipinski definition) is 0. The van der Waals surface area contributed by atoms with Crippen LogP contribution in [0, 0.1) is 11.8 Å². The number of rotatable bonds is 7. The van der Waals surface area contributed by atoms with Gasteiger partial charge in [0.05, 0.1) is 0 Å². The lowest BCUT2D eigenvalue weighted by atomic mass is 9.92. The van der Waals surface area contributed by atoms with Gasteiger partial charge in [-0.15, -0.1) is 0 Å². The zero-order valence-corrected chi connectivity index (χ0v) is 8.68. The van der Waals surface area contributed by atoms with Gasteiger partial charge >= 0.3 is 0 Å². The van der Waals surface area contributed by atoms with E-state index in [0.717, 1.165) is 18.6 Å². The highest BCUT2D eigenvalue weighted by molar-refractivity contribution is 5.49. The van der Waals surface area contributed by atoms with Crippen LogP contribution < -0.4 is 0 Å².